The van der Waals surface area contributed by atoms with E-state index in [1.807, 2.05) is 30.3 Å². The number of benzene rings is 1. The summed E-state index contributed by atoms with van der Waals surface area (Å²) in [7, 11) is 0. The average Bonchev–Trinajstić information content (AvgIpc) is 2.38. The average molecular weight is 264 g/mol. The summed E-state index contributed by atoms with van der Waals surface area (Å²) in [5.41, 5.74) is 9.17. The second kappa shape index (κ2) is 8.67. The molecule has 0 aliphatic heterocycles. The van der Waals surface area contributed by atoms with Gasteiger partial charge in [0.05, 0.1) is 6.61 Å². The lowest BCUT2D eigenvalue weighted by molar-refractivity contribution is -0.135. The molecule has 19 heavy (non-hydrogen) atoms. The van der Waals surface area contributed by atoms with Crippen LogP contribution in [0.1, 0.15) is 32.3 Å². The van der Waals surface area contributed by atoms with Crippen molar-refractivity contribution >= 4 is 5.91 Å². The molecule has 1 aromatic rings. The van der Waals surface area contributed by atoms with Gasteiger partial charge in [-0.25, -0.2) is 5.48 Å². The third-order valence-electron chi connectivity index (χ3n) is 2.88. The van der Waals surface area contributed by atoms with Crippen molar-refractivity contribution < 1.29 is 9.63 Å². The van der Waals surface area contributed by atoms with Crippen LogP contribution in [0.5, 0.6) is 0 Å². The van der Waals surface area contributed by atoms with Gasteiger partial charge in [0.15, 0.2) is 0 Å². The number of nitrogens with one attached hydrogen (secondary N) is 1. The quantitative estimate of drug-likeness (QED) is 0.708. The molecule has 4 nitrogen and oxygen atoms in total. The van der Waals surface area contributed by atoms with Crippen molar-refractivity contribution in [2.24, 2.45) is 17.6 Å². The van der Waals surface area contributed by atoms with Gasteiger partial charge in [-0.2, -0.15) is 0 Å². The molecule has 0 fully saturated rings. The Bertz CT molecular complexity index is 366. The lowest BCUT2D eigenvalue weighted by Crippen LogP contribution is -2.29. The van der Waals surface area contributed by atoms with Crippen LogP contribution in [0.4, 0.5) is 0 Å². The van der Waals surface area contributed by atoms with Crippen LogP contribution in [-0.2, 0) is 16.2 Å². The molecule has 0 aliphatic rings. The van der Waals surface area contributed by atoms with Crippen LogP contribution in [0.2, 0.25) is 0 Å². The smallest absolute Gasteiger partial charge is 0.243 e. The number of amides is 1. The predicted molar refractivity (Wildman–Crippen MR) is 76.0 cm³/mol. The molecule has 3 N–H and O–H groups in total. The summed E-state index contributed by atoms with van der Waals surface area (Å²) in [6.45, 7) is 5.17. The SMILES string of the molecule is CC(C)C[C@H](CN)CC(=O)NOCc1ccccc1. The van der Waals surface area contributed by atoms with Crippen LogP contribution >= 0.6 is 0 Å². The number of hydroxylamine groups is 1. The first-order valence-electron chi connectivity index (χ1n) is 6.76. The first-order valence-corrected chi connectivity index (χ1v) is 6.76. The van der Waals surface area contributed by atoms with Gasteiger partial charge in [0.1, 0.15) is 0 Å². The Morgan fingerprint density at radius 2 is 2.00 bits per heavy atom. The van der Waals surface area contributed by atoms with Gasteiger partial charge in [-0.1, -0.05) is 44.2 Å². The van der Waals surface area contributed by atoms with Crippen molar-refractivity contribution in [3.05, 3.63) is 35.9 Å². The maximum absolute atomic E-state index is 11.7. The molecule has 0 heterocycles. The van der Waals surface area contributed by atoms with Gasteiger partial charge in [0, 0.05) is 6.42 Å². The number of rotatable bonds is 8. The fraction of sp³-hybridized carbons (Fsp3) is 0.533. The Hall–Kier alpha value is -1.39. The van der Waals surface area contributed by atoms with Gasteiger partial charge >= 0.3 is 0 Å². The van der Waals surface area contributed by atoms with Gasteiger partial charge in [0.2, 0.25) is 5.91 Å². The molecular weight excluding hydrogens is 240 g/mol. The number of hydrogen-bond donors (Lipinski definition) is 2. The summed E-state index contributed by atoms with van der Waals surface area (Å²) >= 11 is 0. The summed E-state index contributed by atoms with van der Waals surface area (Å²) in [4.78, 5) is 16.9. The van der Waals surface area contributed by atoms with Gasteiger partial charge in [-0.05, 0) is 30.4 Å². The van der Waals surface area contributed by atoms with Crippen molar-refractivity contribution in [1.82, 2.24) is 5.48 Å². The molecule has 106 valence electrons. The molecular formula is C15H24N2O2. The van der Waals surface area contributed by atoms with Gasteiger partial charge < -0.3 is 5.73 Å². The summed E-state index contributed by atoms with van der Waals surface area (Å²) in [6.07, 6.45) is 1.38. The van der Waals surface area contributed by atoms with E-state index in [1.165, 1.54) is 0 Å². The molecule has 0 bridgehead atoms. The highest BCUT2D eigenvalue weighted by Gasteiger charge is 2.14. The number of hydrogen-bond acceptors (Lipinski definition) is 3. The Kier molecular flexibility index (Phi) is 7.15. The minimum absolute atomic E-state index is 0.105. The van der Waals surface area contributed by atoms with Crippen molar-refractivity contribution in [3.63, 3.8) is 0 Å². The van der Waals surface area contributed by atoms with E-state index in [4.69, 9.17) is 10.6 Å². The number of carbonyl (C=O) groups excluding carboxylic acids is 1. The van der Waals surface area contributed by atoms with E-state index >= 15 is 0 Å². The van der Waals surface area contributed by atoms with E-state index in [9.17, 15) is 4.79 Å². The molecule has 1 aromatic carbocycles. The van der Waals surface area contributed by atoms with Crippen LogP contribution in [0.15, 0.2) is 30.3 Å². The molecule has 0 spiro atoms. The maximum Gasteiger partial charge on any atom is 0.243 e. The van der Waals surface area contributed by atoms with E-state index in [1.54, 1.807) is 0 Å². The van der Waals surface area contributed by atoms with E-state index in [0.717, 1.165) is 12.0 Å². The topological polar surface area (TPSA) is 64.4 Å². The summed E-state index contributed by atoms with van der Waals surface area (Å²) < 4.78 is 0. The zero-order chi connectivity index (χ0) is 14.1. The minimum Gasteiger partial charge on any atom is -0.330 e. The number of nitrogens with two attached hydrogens (primary N) is 1. The maximum atomic E-state index is 11.7. The fourth-order valence-electron chi connectivity index (χ4n) is 2.01. The molecule has 0 aromatic heterocycles. The fourth-order valence-corrected chi connectivity index (χ4v) is 2.01. The van der Waals surface area contributed by atoms with E-state index < -0.39 is 0 Å². The monoisotopic (exact) mass is 264 g/mol. The Morgan fingerprint density at radius 3 is 2.58 bits per heavy atom. The van der Waals surface area contributed by atoms with Crippen molar-refractivity contribution in [2.45, 2.75) is 33.3 Å². The molecule has 0 radical (unpaired) electrons. The van der Waals surface area contributed by atoms with E-state index in [-0.39, 0.29) is 11.8 Å². The number of carbonyl (C=O) groups is 1. The molecule has 1 atom stereocenters. The molecule has 0 aliphatic carbocycles. The highest BCUT2D eigenvalue weighted by Crippen LogP contribution is 2.14. The minimum atomic E-state index is -0.105. The second-order valence-corrected chi connectivity index (χ2v) is 5.23. The molecule has 0 saturated carbocycles. The lowest BCUT2D eigenvalue weighted by Gasteiger charge is -2.16. The zero-order valence-corrected chi connectivity index (χ0v) is 11.8. The first-order chi connectivity index (χ1) is 9.11. The Labute approximate surface area is 115 Å². The predicted octanol–water partition coefficient (Wildman–Crippen LogP) is 2.25. The van der Waals surface area contributed by atoms with Crippen molar-refractivity contribution in [3.8, 4) is 0 Å². The Morgan fingerprint density at radius 1 is 1.32 bits per heavy atom. The van der Waals surface area contributed by atoms with Gasteiger partial charge in [-0.3, -0.25) is 9.63 Å². The zero-order valence-electron chi connectivity index (χ0n) is 11.8. The van der Waals surface area contributed by atoms with Gasteiger partial charge in [0.25, 0.3) is 0 Å². The molecule has 1 amide bonds. The third kappa shape index (κ3) is 6.94. The van der Waals surface area contributed by atoms with Crippen LogP contribution in [0.3, 0.4) is 0 Å². The lowest BCUT2D eigenvalue weighted by atomic mass is 9.94. The second-order valence-electron chi connectivity index (χ2n) is 5.23. The van der Waals surface area contributed by atoms with E-state index in [2.05, 4.69) is 19.3 Å². The third-order valence-corrected chi connectivity index (χ3v) is 2.88. The van der Waals surface area contributed by atoms with E-state index in [0.29, 0.717) is 25.5 Å². The molecule has 4 heteroatoms. The summed E-state index contributed by atoms with van der Waals surface area (Å²) in [5.74, 6) is 0.666. The summed E-state index contributed by atoms with van der Waals surface area (Å²) in [6, 6.07) is 9.72. The van der Waals surface area contributed by atoms with Gasteiger partial charge in [-0.15, -0.1) is 0 Å². The highest BCUT2D eigenvalue weighted by atomic mass is 16.6. The largest absolute Gasteiger partial charge is 0.330 e. The van der Waals surface area contributed by atoms with Crippen LogP contribution in [-0.4, -0.2) is 12.5 Å². The molecule has 0 unspecified atom stereocenters. The van der Waals surface area contributed by atoms with Crippen LogP contribution in [0.25, 0.3) is 0 Å². The molecule has 0 saturated heterocycles. The van der Waals surface area contributed by atoms with Crippen LogP contribution in [0, 0.1) is 11.8 Å². The summed E-state index contributed by atoms with van der Waals surface area (Å²) in [5, 5.41) is 0. The van der Waals surface area contributed by atoms with Crippen LogP contribution < -0.4 is 11.2 Å². The first kappa shape index (κ1) is 15.7. The van der Waals surface area contributed by atoms with Crippen molar-refractivity contribution in [1.29, 1.82) is 0 Å². The highest BCUT2D eigenvalue weighted by molar-refractivity contribution is 5.75. The molecule has 1 rings (SSSR count). The Balaban J connectivity index is 2.23. The van der Waals surface area contributed by atoms with Crippen molar-refractivity contribution in [2.75, 3.05) is 6.54 Å². The standard InChI is InChI=1S/C15H24N2O2/c1-12(2)8-14(10-16)9-15(18)17-19-11-13-6-4-3-5-7-13/h3-7,12,14H,8-11,16H2,1-2H3,(H,17,18)/t14-/m0/s1. The normalized spacial score (nSPS) is 12.4.